The highest BCUT2D eigenvalue weighted by Gasteiger charge is 2.04. The average molecular weight is 297 g/mol. The highest BCUT2D eigenvalue weighted by atomic mass is 16.5. The Balaban J connectivity index is 2.08. The summed E-state index contributed by atoms with van der Waals surface area (Å²) in [6, 6.07) is 13.2. The second-order valence-electron chi connectivity index (χ2n) is 4.84. The monoisotopic (exact) mass is 297 g/mol. The van der Waals surface area contributed by atoms with Crippen LogP contribution in [0.3, 0.4) is 0 Å². The van der Waals surface area contributed by atoms with Crippen LogP contribution in [0.4, 0.5) is 5.69 Å². The fourth-order valence-corrected chi connectivity index (χ4v) is 2.01. The third-order valence-electron chi connectivity index (χ3n) is 3.09. The van der Waals surface area contributed by atoms with Crippen LogP contribution in [0.25, 0.3) is 6.08 Å². The van der Waals surface area contributed by atoms with Crippen LogP contribution in [0.2, 0.25) is 0 Å². The van der Waals surface area contributed by atoms with E-state index in [1.807, 2.05) is 31.2 Å². The molecule has 1 amide bonds. The molecule has 4 heteroatoms. The Morgan fingerprint density at radius 3 is 2.32 bits per heavy atom. The summed E-state index contributed by atoms with van der Waals surface area (Å²) in [5, 5.41) is 2.79. The Hall–Kier alpha value is -2.75. The summed E-state index contributed by atoms with van der Waals surface area (Å²) < 4.78 is 10.3. The molecule has 0 unspecified atom stereocenters. The molecule has 0 fully saturated rings. The molecule has 0 aliphatic carbocycles. The molecule has 0 heterocycles. The quantitative estimate of drug-likeness (QED) is 0.857. The maximum atomic E-state index is 12.0. The van der Waals surface area contributed by atoms with Crippen molar-refractivity contribution in [3.05, 3.63) is 59.7 Å². The van der Waals surface area contributed by atoms with Crippen molar-refractivity contribution in [3.8, 4) is 11.5 Å². The number of carbonyl (C=O) groups excluding carboxylic acids is 1. The molecule has 114 valence electrons. The summed E-state index contributed by atoms with van der Waals surface area (Å²) in [4.78, 5) is 12.0. The predicted molar refractivity (Wildman–Crippen MR) is 88.4 cm³/mol. The van der Waals surface area contributed by atoms with E-state index < -0.39 is 0 Å². The molecule has 1 N–H and O–H groups in total. The number of hydrogen-bond donors (Lipinski definition) is 1. The molecule has 4 nitrogen and oxygen atoms in total. The van der Waals surface area contributed by atoms with Crippen molar-refractivity contribution in [2.24, 2.45) is 0 Å². The lowest BCUT2D eigenvalue weighted by Gasteiger charge is -2.08. The van der Waals surface area contributed by atoms with Gasteiger partial charge in [-0.3, -0.25) is 4.79 Å². The van der Waals surface area contributed by atoms with Gasteiger partial charge in [0.05, 0.1) is 14.2 Å². The van der Waals surface area contributed by atoms with Crippen LogP contribution in [0, 0.1) is 6.92 Å². The van der Waals surface area contributed by atoms with Crippen molar-refractivity contribution < 1.29 is 14.3 Å². The van der Waals surface area contributed by atoms with E-state index in [1.54, 1.807) is 38.5 Å². The molecule has 22 heavy (non-hydrogen) atoms. The van der Waals surface area contributed by atoms with E-state index in [9.17, 15) is 4.79 Å². The number of methoxy groups -OCH3 is 2. The van der Waals surface area contributed by atoms with Crippen molar-refractivity contribution in [2.45, 2.75) is 6.92 Å². The van der Waals surface area contributed by atoms with Crippen molar-refractivity contribution in [3.63, 3.8) is 0 Å². The summed E-state index contributed by atoms with van der Waals surface area (Å²) in [6.07, 6.45) is 3.28. The number of carbonyl (C=O) groups is 1. The van der Waals surface area contributed by atoms with Crippen LogP contribution in [-0.4, -0.2) is 20.1 Å². The van der Waals surface area contributed by atoms with Gasteiger partial charge >= 0.3 is 0 Å². The van der Waals surface area contributed by atoms with Crippen LogP contribution < -0.4 is 14.8 Å². The number of nitrogens with one attached hydrogen (secondary N) is 1. The maximum absolute atomic E-state index is 12.0. The van der Waals surface area contributed by atoms with E-state index in [0.29, 0.717) is 17.2 Å². The minimum absolute atomic E-state index is 0.211. The van der Waals surface area contributed by atoms with E-state index in [1.165, 1.54) is 6.08 Å². The van der Waals surface area contributed by atoms with E-state index in [2.05, 4.69) is 5.32 Å². The Labute approximate surface area is 130 Å². The van der Waals surface area contributed by atoms with Crippen molar-refractivity contribution in [1.82, 2.24) is 0 Å². The molecule has 2 aromatic rings. The van der Waals surface area contributed by atoms with Gasteiger partial charge in [0.25, 0.3) is 0 Å². The van der Waals surface area contributed by atoms with Crippen molar-refractivity contribution in [1.29, 1.82) is 0 Å². The molecular formula is C18H19NO3. The number of anilines is 1. The SMILES string of the molecule is COc1cc(NC(=O)/C=C/c2cccc(C)c2)cc(OC)c1. The number of rotatable bonds is 5. The molecule has 2 rings (SSSR count). The highest BCUT2D eigenvalue weighted by molar-refractivity contribution is 6.02. The largest absolute Gasteiger partial charge is 0.497 e. The lowest BCUT2D eigenvalue weighted by atomic mass is 10.1. The first-order valence-electron chi connectivity index (χ1n) is 6.89. The predicted octanol–water partition coefficient (Wildman–Crippen LogP) is 3.66. The van der Waals surface area contributed by atoms with Gasteiger partial charge in [-0.2, -0.15) is 0 Å². The average Bonchev–Trinajstić information content (AvgIpc) is 2.52. The zero-order valence-corrected chi connectivity index (χ0v) is 12.9. The van der Waals surface area contributed by atoms with Crippen molar-refractivity contribution in [2.75, 3.05) is 19.5 Å². The number of hydrogen-bond acceptors (Lipinski definition) is 3. The molecule has 0 aliphatic heterocycles. The molecule has 0 saturated carbocycles. The fraction of sp³-hybridized carbons (Fsp3) is 0.167. The van der Waals surface area contributed by atoms with E-state index >= 15 is 0 Å². The summed E-state index contributed by atoms with van der Waals surface area (Å²) in [7, 11) is 3.13. The second-order valence-corrected chi connectivity index (χ2v) is 4.84. The van der Waals surface area contributed by atoms with E-state index in [-0.39, 0.29) is 5.91 Å². The second kappa shape index (κ2) is 7.31. The van der Waals surface area contributed by atoms with Gasteiger partial charge in [0.2, 0.25) is 5.91 Å². The van der Waals surface area contributed by atoms with Gasteiger partial charge in [-0.05, 0) is 18.6 Å². The summed E-state index contributed by atoms with van der Waals surface area (Å²) in [6.45, 7) is 2.01. The lowest BCUT2D eigenvalue weighted by molar-refractivity contribution is -0.111. The summed E-state index contributed by atoms with van der Waals surface area (Å²) >= 11 is 0. The Morgan fingerprint density at radius 2 is 1.73 bits per heavy atom. The molecule has 0 aliphatic rings. The molecule has 0 radical (unpaired) electrons. The molecule has 2 aromatic carbocycles. The van der Waals surface area contributed by atoms with Gasteiger partial charge in [0.15, 0.2) is 0 Å². The zero-order valence-electron chi connectivity index (χ0n) is 12.9. The van der Waals surface area contributed by atoms with Crippen LogP contribution in [0.15, 0.2) is 48.5 Å². The van der Waals surface area contributed by atoms with Gasteiger partial charge < -0.3 is 14.8 Å². The Morgan fingerprint density at radius 1 is 1.05 bits per heavy atom. The Bertz CT molecular complexity index is 670. The third-order valence-corrected chi connectivity index (χ3v) is 3.09. The van der Waals surface area contributed by atoms with Crippen LogP contribution in [0.1, 0.15) is 11.1 Å². The fourth-order valence-electron chi connectivity index (χ4n) is 2.01. The molecule has 0 atom stereocenters. The first kappa shape index (κ1) is 15.6. The molecule has 0 spiro atoms. The first-order chi connectivity index (χ1) is 10.6. The lowest BCUT2D eigenvalue weighted by Crippen LogP contribution is -2.08. The highest BCUT2D eigenvalue weighted by Crippen LogP contribution is 2.25. The number of aryl methyl sites for hydroxylation is 1. The normalized spacial score (nSPS) is 10.5. The van der Waals surface area contributed by atoms with Gasteiger partial charge in [-0.15, -0.1) is 0 Å². The third kappa shape index (κ3) is 4.38. The number of ether oxygens (including phenoxy) is 2. The van der Waals surface area contributed by atoms with E-state index in [4.69, 9.17) is 9.47 Å². The van der Waals surface area contributed by atoms with Crippen LogP contribution in [0.5, 0.6) is 11.5 Å². The molecule has 0 saturated heterocycles. The van der Waals surface area contributed by atoms with Crippen LogP contribution >= 0.6 is 0 Å². The zero-order chi connectivity index (χ0) is 15.9. The number of amides is 1. The first-order valence-corrected chi connectivity index (χ1v) is 6.89. The summed E-state index contributed by atoms with van der Waals surface area (Å²) in [5.74, 6) is 1.03. The van der Waals surface area contributed by atoms with Crippen LogP contribution in [-0.2, 0) is 4.79 Å². The molecule has 0 aromatic heterocycles. The molecular weight excluding hydrogens is 278 g/mol. The smallest absolute Gasteiger partial charge is 0.248 e. The van der Waals surface area contributed by atoms with Crippen molar-refractivity contribution >= 4 is 17.7 Å². The maximum Gasteiger partial charge on any atom is 0.248 e. The summed E-state index contributed by atoms with van der Waals surface area (Å²) in [5.41, 5.74) is 2.76. The van der Waals surface area contributed by atoms with Gasteiger partial charge in [0.1, 0.15) is 11.5 Å². The van der Waals surface area contributed by atoms with E-state index in [0.717, 1.165) is 11.1 Å². The van der Waals surface area contributed by atoms with Gasteiger partial charge in [-0.25, -0.2) is 0 Å². The minimum atomic E-state index is -0.211. The minimum Gasteiger partial charge on any atom is -0.497 e. The number of benzene rings is 2. The topological polar surface area (TPSA) is 47.6 Å². The van der Waals surface area contributed by atoms with Gasteiger partial charge in [0, 0.05) is 30.0 Å². The van der Waals surface area contributed by atoms with Gasteiger partial charge in [-0.1, -0.05) is 29.8 Å². The molecule has 0 bridgehead atoms. The standard InChI is InChI=1S/C18H19NO3/c1-13-5-4-6-14(9-13)7-8-18(20)19-15-10-16(21-2)12-17(11-15)22-3/h4-12H,1-3H3,(H,19,20)/b8-7+. The Kier molecular flexibility index (Phi) is 5.20.